The van der Waals surface area contributed by atoms with E-state index >= 15 is 0 Å². The maximum Gasteiger partial charge on any atom is 0.271 e. The van der Waals surface area contributed by atoms with E-state index in [1.807, 2.05) is 41.0 Å². The fraction of sp³-hybridized carbons (Fsp3) is 0.111. The summed E-state index contributed by atoms with van der Waals surface area (Å²) in [4.78, 5) is 20.2. The molecule has 0 unspecified atom stereocenters. The van der Waals surface area contributed by atoms with Crippen molar-refractivity contribution in [3.63, 3.8) is 0 Å². The molecule has 0 radical (unpaired) electrons. The van der Waals surface area contributed by atoms with Crippen LogP contribution in [-0.2, 0) is 13.0 Å². The molecular formula is C36H25BrClN3OS. The van der Waals surface area contributed by atoms with Crippen LogP contribution < -0.4 is 14.9 Å². The van der Waals surface area contributed by atoms with E-state index in [-0.39, 0.29) is 11.6 Å². The highest BCUT2D eigenvalue weighted by molar-refractivity contribution is 9.10. The second kappa shape index (κ2) is 10.6. The molecule has 3 heterocycles. The minimum atomic E-state index is -0.198. The van der Waals surface area contributed by atoms with Crippen LogP contribution in [0.3, 0.4) is 0 Å². The minimum absolute atomic E-state index is 0.00925. The number of para-hydroxylation sites is 1. The summed E-state index contributed by atoms with van der Waals surface area (Å²) < 4.78 is 5.81. The molecule has 0 N–H and O–H groups in total. The van der Waals surface area contributed by atoms with Crippen molar-refractivity contribution in [2.75, 3.05) is 0 Å². The average molecular weight is 663 g/mol. The molecular weight excluding hydrogens is 638 g/mol. The van der Waals surface area contributed by atoms with Gasteiger partial charge in [0.15, 0.2) is 4.80 Å². The van der Waals surface area contributed by atoms with Crippen molar-refractivity contribution in [3.05, 3.63) is 166 Å². The molecule has 1 atom stereocenters. The molecule has 2 aromatic heterocycles. The standard InChI is InChI=1S/C36H25BrClN3OS/c37-26-16-13-23(14-17-26)34-29-18-15-22-7-1-3-10-28(22)33(29)39-36-41(34)35(42)32(43-36)19-25-21-40(31-12-6-4-9-27(25)31)20-24-8-2-5-11-30(24)38/h1-14,16-17,19,21,34H,15,18,20H2/b32-19-/t34-/m1/s1. The van der Waals surface area contributed by atoms with E-state index in [0.717, 1.165) is 60.4 Å². The Kier molecular flexibility index (Phi) is 6.59. The topological polar surface area (TPSA) is 39.3 Å². The average Bonchev–Trinajstić information content (AvgIpc) is 3.54. The van der Waals surface area contributed by atoms with Crippen molar-refractivity contribution in [2.24, 2.45) is 4.99 Å². The van der Waals surface area contributed by atoms with Gasteiger partial charge in [0.25, 0.3) is 5.56 Å². The van der Waals surface area contributed by atoms with E-state index in [1.165, 1.54) is 28.0 Å². The molecule has 8 rings (SSSR count). The van der Waals surface area contributed by atoms with Gasteiger partial charge in [-0.3, -0.25) is 9.36 Å². The number of allylic oxidation sites excluding steroid dienone is 1. The van der Waals surface area contributed by atoms with Crippen LogP contribution in [0.5, 0.6) is 0 Å². The van der Waals surface area contributed by atoms with Gasteiger partial charge in [0.05, 0.1) is 16.3 Å². The van der Waals surface area contributed by atoms with Crippen LogP contribution in [0.1, 0.15) is 40.3 Å². The van der Waals surface area contributed by atoms with Gasteiger partial charge in [0.1, 0.15) is 0 Å². The van der Waals surface area contributed by atoms with Gasteiger partial charge in [-0.1, -0.05) is 112 Å². The molecule has 4 aromatic carbocycles. The Morgan fingerprint density at radius 1 is 0.930 bits per heavy atom. The van der Waals surface area contributed by atoms with Gasteiger partial charge < -0.3 is 4.57 Å². The highest BCUT2D eigenvalue weighted by Gasteiger charge is 2.32. The van der Waals surface area contributed by atoms with Crippen LogP contribution in [0.25, 0.3) is 22.7 Å². The summed E-state index contributed by atoms with van der Waals surface area (Å²) in [5.74, 6) is 0. The van der Waals surface area contributed by atoms with E-state index in [2.05, 4.69) is 93.4 Å². The predicted molar refractivity (Wildman–Crippen MR) is 179 cm³/mol. The molecule has 6 aromatic rings. The molecule has 2 aliphatic rings. The van der Waals surface area contributed by atoms with Crippen LogP contribution >= 0.6 is 38.9 Å². The zero-order chi connectivity index (χ0) is 29.1. The lowest BCUT2D eigenvalue weighted by molar-refractivity contribution is 0.585. The molecule has 4 nitrogen and oxygen atoms in total. The number of hydrogen-bond acceptors (Lipinski definition) is 3. The third kappa shape index (κ3) is 4.56. The van der Waals surface area contributed by atoms with Crippen LogP contribution in [0, 0.1) is 0 Å². The number of thiazole rings is 1. The number of benzene rings is 4. The number of nitrogens with zero attached hydrogens (tertiary/aromatic N) is 3. The van der Waals surface area contributed by atoms with Crippen molar-refractivity contribution >= 4 is 61.5 Å². The summed E-state index contributed by atoms with van der Waals surface area (Å²) in [6.45, 7) is 0.644. The second-order valence-corrected chi connectivity index (χ2v) is 13.3. The fourth-order valence-corrected chi connectivity index (χ4v) is 7.89. The molecule has 43 heavy (non-hydrogen) atoms. The quantitative estimate of drug-likeness (QED) is 0.190. The van der Waals surface area contributed by atoms with Crippen LogP contribution in [0.4, 0.5) is 0 Å². The Bertz CT molecular complexity index is 2280. The van der Waals surface area contributed by atoms with Crippen LogP contribution in [0.15, 0.2) is 123 Å². The van der Waals surface area contributed by atoms with Crippen LogP contribution in [-0.4, -0.2) is 9.13 Å². The summed E-state index contributed by atoms with van der Waals surface area (Å²) in [5, 5.41) is 1.84. The lowest BCUT2D eigenvalue weighted by Gasteiger charge is -2.30. The minimum Gasteiger partial charge on any atom is -0.342 e. The largest absolute Gasteiger partial charge is 0.342 e. The number of fused-ring (bicyclic) bond motifs is 4. The predicted octanol–water partition coefficient (Wildman–Crippen LogP) is 7.74. The van der Waals surface area contributed by atoms with Crippen molar-refractivity contribution in [1.82, 2.24) is 9.13 Å². The summed E-state index contributed by atoms with van der Waals surface area (Å²) in [5.41, 5.74) is 8.94. The smallest absolute Gasteiger partial charge is 0.271 e. The zero-order valence-corrected chi connectivity index (χ0v) is 26.2. The Balaban J connectivity index is 1.32. The van der Waals surface area contributed by atoms with Gasteiger partial charge in [-0.2, -0.15) is 0 Å². The Morgan fingerprint density at radius 3 is 2.56 bits per heavy atom. The molecule has 0 bridgehead atoms. The summed E-state index contributed by atoms with van der Waals surface area (Å²) in [6.07, 6.45) is 5.97. The van der Waals surface area contributed by atoms with E-state index in [1.54, 1.807) is 0 Å². The van der Waals surface area contributed by atoms with Crippen molar-refractivity contribution < 1.29 is 0 Å². The van der Waals surface area contributed by atoms with E-state index in [4.69, 9.17) is 16.6 Å². The van der Waals surface area contributed by atoms with Gasteiger partial charge in [-0.25, -0.2) is 4.99 Å². The van der Waals surface area contributed by atoms with E-state index in [9.17, 15) is 4.79 Å². The first-order valence-corrected chi connectivity index (χ1v) is 16.2. The van der Waals surface area contributed by atoms with Crippen molar-refractivity contribution in [1.29, 1.82) is 0 Å². The SMILES string of the molecule is O=c1/c(=C/c2cn(Cc3ccccc3Cl)c3ccccc23)sc2n1[C@H](c1ccc(Br)cc1)C1=C(N=2)c2ccccc2CC1. The molecule has 1 aliphatic heterocycles. The molecule has 7 heteroatoms. The first kappa shape index (κ1) is 26.6. The normalized spacial score (nSPS) is 16.1. The second-order valence-electron chi connectivity index (χ2n) is 11.0. The monoisotopic (exact) mass is 661 g/mol. The highest BCUT2D eigenvalue weighted by Crippen LogP contribution is 2.41. The highest BCUT2D eigenvalue weighted by atomic mass is 79.9. The number of rotatable bonds is 4. The Labute approximate surface area is 265 Å². The number of halogens is 2. The Morgan fingerprint density at radius 2 is 1.70 bits per heavy atom. The summed E-state index contributed by atoms with van der Waals surface area (Å²) >= 11 is 11.6. The molecule has 210 valence electrons. The maximum atomic E-state index is 14.3. The van der Waals surface area contributed by atoms with Crippen molar-refractivity contribution in [3.8, 4) is 0 Å². The lowest BCUT2D eigenvalue weighted by atomic mass is 9.83. The summed E-state index contributed by atoms with van der Waals surface area (Å²) in [7, 11) is 0. The zero-order valence-electron chi connectivity index (χ0n) is 23.0. The molecule has 0 saturated carbocycles. The third-order valence-corrected chi connectivity index (χ3v) is 10.3. The third-order valence-electron chi connectivity index (χ3n) is 8.46. The fourth-order valence-electron chi connectivity index (χ4n) is 6.44. The molecule has 0 amide bonds. The van der Waals surface area contributed by atoms with E-state index < -0.39 is 0 Å². The first-order valence-electron chi connectivity index (χ1n) is 14.2. The van der Waals surface area contributed by atoms with Crippen molar-refractivity contribution in [2.45, 2.75) is 25.4 Å². The van der Waals surface area contributed by atoms with Crippen LogP contribution in [0.2, 0.25) is 5.02 Å². The number of aryl methyl sites for hydroxylation is 1. The summed E-state index contributed by atoms with van der Waals surface area (Å²) in [6, 6.07) is 32.9. The van der Waals surface area contributed by atoms with Gasteiger partial charge in [-0.05, 0) is 65.4 Å². The van der Waals surface area contributed by atoms with E-state index in [0.29, 0.717) is 11.1 Å². The Hall–Kier alpha value is -3.97. The number of hydrogen-bond donors (Lipinski definition) is 0. The number of aromatic nitrogens is 2. The first-order chi connectivity index (χ1) is 21.0. The molecule has 0 saturated heterocycles. The molecule has 0 spiro atoms. The van der Waals surface area contributed by atoms with Gasteiger partial charge >= 0.3 is 0 Å². The van der Waals surface area contributed by atoms with Gasteiger partial charge in [0, 0.05) is 44.3 Å². The lowest BCUT2D eigenvalue weighted by Crippen LogP contribution is -2.38. The maximum absolute atomic E-state index is 14.3. The van der Waals surface area contributed by atoms with Gasteiger partial charge in [0.2, 0.25) is 0 Å². The molecule has 1 aliphatic carbocycles. The van der Waals surface area contributed by atoms with Gasteiger partial charge in [-0.15, -0.1) is 0 Å². The molecule has 0 fully saturated rings.